The summed E-state index contributed by atoms with van der Waals surface area (Å²) in [5.74, 6) is -0.632. The van der Waals surface area contributed by atoms with Crippen LogP contribution in [0.5, 0.6) is 0 Å². The van der Waals surface area contributed by atoms with E-state index in [9.17, 15) is 9.59 Å². The molecule has 1 rings (SSSR count). The molecule has 1 amide bonds. The number of carbonyl (C=O) groups excluding carboxylic acids is 1. The van der Waals surface area contributed by atoms with E-state index in [0.29, 0.717) is 5.69 Å². The van der Waals surface area contributed by atoms with Crippen molar-refractivity contribution in [2.45, 2.75) is 13.5 Å². The van der Waals surface area contributed by atoms with Crippen LogP contribution in [0.1, 0.15) is 11.3 Å². The minimum atomic E-state index is -0.632. The van der Waals surface area contributed by atoms with Gasteiger partial charge in [-0.2, -0.15) is 5.26 Å². The fraction of sp³-hybridized carbons (Fsp3) is 0.286. The number of hydrogen-bond donors (Lipinski definition) is 2. The number of aryl methyl sites for hydroxylation is 1. The van der Waals surface area contributed by atoms with Gasteiger partial charge in [0.1, 0.15) is 18.2 Å². The van der Waals surface area contributed by atoms with Crippen molar-refractivity contribution in [3.63, 3.8) is 0 Å². The van der Waals surface area contributed by atoms with Crippen molar-refractivity contribution in [2.24, 2.45) is 5.73 Å². The Hall–Kier alpha value is -2.03. The van der Waals surface area contributed by atoms with Crippen LogP contribution in [0.3, 0.4) is 0 Å². The van der Waals surface area contributed by atoms with Gasteiger partial charge in [0.2, 0.25) is 5.91 Å². The molecule has 0 saturated carbocycles. The molecule has 68 valence electrons. The van der Waals surface area contributed by atoms with E-state index < -0.39 is 11.5 Å². The van der Waals surface area contributed by atoms with Crippen molar-refractivity contribution >= 4 is 5.91 Å². The highest BCUT2D eigenvalue weighted by molar-refractivity contribution is 5.73. The van der Waals surface area contributed by atoms with Gasteiger partial charge >= 0.3 is 0 Å². The van der Waals surface area contributed by atoms with E-state index in [1.165, 1.54) is 0 Å². The molecule has 0 radical (unpaired) electrons. The zero-order valence-electron chi connectivity index (χ0n) is 7.00. The Morgan fingerprint density at radius 1 is 1.77 bits per heavy atom. The average Bonchev–Trinajstić information content (AvgIpc) is 2.26. The van der Waals surface area contributed by atoms with Gasteiger partial charge in [-0.25, -0.2) is 4.68 Å². The van der Waals surface area contributed by atoms with Gasteiger partial charge in [-0.15, -0.1) is 0 Å². The number of aromatic nitrogens is 2. The molecule has 0 aliphatic heterocycles. The topological polar surface area (TPSA) is 105 Å². The van der Waals surface area contributed by atoms with E-state index in [1.807, 2.05) is 0 Å². The van der Waals surface area contributed by atoms with E-state index in [0.717, 1.165) is 4.68 Å². The quantitative estimate of drug-likeness (QED) is 0.599. The molecular weight excluding hydrogens is 172 g/mol. The molecule has 0 aromatic carbocycles. The summed E-state index contributed by atoms with van der Waals surface area (Å²) in [6, 6.07) is 1.74. The maximum Gasteiger partial charge on any atom is 0.285 e. The van der Waals surface area contributed by atoms with Crippen LogP contribution < -0.4 is 11.3 Å². The fourth-order valence-corrected chi connectivity index (χ4v) is 1.00. The van der Waals surface area contributed by atoms with Crippen molar-refractivity contribution in [1.29, 1.82) is 5.26 Å². The van der Waals surface area contributed by atoms with E-state index in [1.54, 1.807) is 13.0 Å². The van der Waals surface area contributed by atoms with E-state index in [-0.39, 0.29) is 12.1 Å². The average molecular weight is 180 g/mol. The Balaban J connectivity index is 3.21. The van der Waals surface area contributed by atoms with Crippen molar-refractivity contribution in [2.75, 3.05) is 0 Å². The Morgan fingerprint density at radius 3 is 2.77 bits per heavy atom. The molecule has 13 heavy (non-hydrogen) atoms. The second-order valence-electron chi connectivity index (χ2n) is 2.58. The summed E-state index contributed by atoms with van der Waals surface area (Å²) < 4.78 is 1.01. The van der Waals surface area contributed by atoms with Crippen LogP contribution in [0.2, 0.25) is 0 Å². The molecule has 1 aromatic rings. The van der Waals surface area contributed by atoms with Crippen LogP contribution in [-0.4, -0.2) is 15.7 Å². The molecule has 0 atom stereocenters. The lowest BCUT2D eigenvalue weighted by Gasteiger charge is -1.94. The first-order chi connectivity index (χ1) is 6.06. The molecule has 6 nitrogen and oxygen atoms in total. The molecular formula is C7H8N4O2. The predicted octanol–water partition coefficient (Wildman–Crippen LogP) is -1.16. The zero-order valence-corrected chi connectivity index (χ0v) is 7.00. The number of amides is 1. The van der Waals surface area contributed by atoms with Crippen molar-refractivity contribution in [3.05, 3.63) is 21.6 Å². The summed E-state index contributed by atoms with van der Waals surface area (Å²) in [6.07, 6.45) is 0. The minimum Gasteiger partial charge on any atom is -0.368 e. The van der Waals surface area contributed by atoms with Gasteiger partial charge in [0, 0.05) is 0 Å². The Kier molecular flexibility index (Phi) is 2.19. The number of nitrogens with zero attached hydrogens (tertiary/aromatic N) is 2. The number of aromatic amines is 1. The minimum absolute atomic E-state index is 0.0150. The number of nitrogens with two attached hydrogens (primary N) is 1. The van der Waals surface area contributed by atoms with Crippen LogP contribution in [0.15, 0.2) is 4.79 Å². The number of carbonyl (C=O) groups is 1. The normalized spacial score (nSPS) is 9.54. The SMILES string of the molecule is Cc1[nH]n(CC(N)=O)c(=O)c1C#N. The van der Waals surface area contributed by atoms with Gasteiger partial charge in [-0.3, -0.25) is 14.7 Å². The third-order valence-corrected chi connectivity index (χ3v) is 1.56. The smallest absolute Gasteiger partial charge is 0.285 e. The molecule has 0 aliphatic carbocycles. The Bertz CT molecular complexity index is 434. The van der Waals surface area contributed by atoms with E-state index in [2.05, 4.69) is 5.10 Å². The van der Waals surface area contributed by atoms with E-state index >= 15 is 0 Å². The fourth-order valence-electron chi connectivity index (χ4n) is 1.00. The molecule has 6 heteroatoms. The first-order valence-corrected chi connectivity index (χ1v) is 3.54. The van der Waals surface area contributed by atoms with Gasteiger partial charge in [0.15, 0.2) is 0 Å². The van der Waals surface area contributed by atoms with Crippen LogP contribution in [-0.2, 0) is 11.3 Å². The number of nitriles is 1. The van der Waals surface area contributed by atoms with Gasteiger partial charge in [-0.05, 0) is 6.92 Å². The number of nitrogens with one attached hydrogen (secondary N) is 1. The lowest BCUT2D eigenvalue weighted by atomic mass is 10.3. The summed E-state index contributed by atoms with van der Waals surface area (Å²) in [5, 5.41) is 11.1. The summed E-state index contributed by atoms with van der Waals surface area (Å²) in [6.45, 7) is 1.35. The van der Waals surface area contributed by atoms with E-state index in [4.69, 9.17) is 11.0 Å². The largest absolute Gasteiger partial charge is 0.368 e. The highest BCUT2D eigenvalue weighted by Crippen LogP contribution is 1.95. The second kappa shape index (κ2) is 3.15. The molecule has 1 aromatic heterocycles. The maximum atomic E-state index is 11.3. The summed E-state index contributed by atoms with van der Waals surface area (Å²) in [4.78, 5) is 21.7. The molecule has 0 aliphatic rings. The lowest BCUT2D eigenvalue weighted by Crippen LogP contribution is -2.27. The molecule has 0 fully saturated rings. The Labute approximate surface area is 73.6 Å². The van der Waals surface area contributed by atoms with Crippen molar-refractivity contribution < 1.29 is 4.79 Å². The zero-order chi connectivity index (χ0) is 10.0. The van der Waals surface area contributed by atoms with Gasteiger partial charge < -0.3 is 5.73 Å². The molecule has 0 saturated heterocycles. The number of hydrogen-bond acceptors (Lipinski definition) is 3. The maximum absolute atomic E-state index is 11.3. The van der Waals surface area contributed by atoms with Crippen LogP contribution in [0, 0.1) is 18.3 Å². The first kappa shape index (κ1) is 9.06. The number of primary amides is 1. The third kappa shape index (κ3) is 1.59. The van der Waals surface area contributed by atoms with Gasteiger partial charge in [0.05, 0.1) is 5.69 Å². The van der Waals surface area contributed by atoms with Crippen molar-refractivity contribution in [1.82, 2.24) is 9.78 Å². The van der Waals surface area contributed by atoms with Crippen molar-refractivity contribution in [3.8, 4) is 6.07 Å². The number of H-pyrrole nitrogens is 1. The summed E-state index contributed by atoms with van der Waals surface area (Å²) in [7, 11) is 0. The summed E-state index contributed by atoms with van der Waals surface area (Å²) in [5.41, 5.74) is 4.83. The first-order valence-electron chi connectivity index (χ1n) is 3.54. The monoisotopic (exact) mass is 180 g/mol. The summed E-state index contributed by atoms with van der Waals surface area (Å²) >= 11 is 0. The third-order valence-electron chi connectivity index (χ3n) is 1.56. The molecule has 0 unspecified atom stereocenters. The lowest BCUT2D eigenvalue weighted by molar-refractivity contribution is -0.118. The second-order valence-corrected chi connectivity index (χ2v) is 2.58. The van der Waals surface area contributed by atoms with Gasteiger partial charge in [-0.1, -0.05) is 0 Å². The molecule has 0 spiro atoms. The van der Waals surface area contributed by atoms with Gasteiger partial charge in [0.25, 0.3) is 5.56 Å². The van der Waals surface area contributed by atoms with Crippen LogP contribution in [0.25, 0.3) is 0 Å². The molecule has 3 N–H and O–H groups in total. The highest BCUT2D eigenvalue weighted by Gasteiger charge is 2.10. The standard InChI is InChI=1S/C7H8N4O2/c1-4-5(2-8)7(13)11(10-4)3-6(9)12/h10H,3H2,1H3,(H2,9,12). The Morgan fingerprint density at radius 2 is 2.38 bits per heavy atom. The van der Waals surface area contributed by atoms with Crippen LogP contribution in [0.4, 0.5) is 0 Å². The molecule has 0 bridgehead atoms. The number of rotatable bonds is 2. The van der Waals surface area contributed by atoms with Crippen LogP contribution >= 0.6 is 0 Å². The predicted molar refractivity (Wildman–Crippen MR) is 43.7 cm³/mol. The molecule has 1 heterocycles. The highest BCUT2D eigenvalue weighted by atomic mass is 16.2.